The quantitative estimate of drug-likeness (QED) is 0.634. The Bertz CT molecular complexity index is 937. The van der Waals surface area contributed by atoms with Crippen LogP contribution < -0.4 is 10.2 Å². The van der Waals surface area contributed by atoms with Crippen molar-refractivity contribution in [2.24, 2.45) is 5.92 Å². The Morgan fingerprint density at radius 1 is 1.24 bits per heavy atom. The van der Waals surface area contributed by atoms with E-state index in [1.807, 2.05) is 61.5 Å². The van der Waals surface area contributed by atoms with Crippen LogP contribution in [0.3, 0.4) is 0 Å². The minimum Gasteiger partial charge on any atom is -0.486 e. The van der Waals surface area contributed by atoms with Crippen molar-refractivity contribution in [2.75, 3.05) is 13.1 Å². The fourth-order valence-electron chi connectivity index (χ4n) is 3.88. The number of carbonyl (C=O) groups is 1. The van der Waals surface area contributed by atoms with E-state index in [1.165, 1.54) is 6.07 Å². The van der Waals surface area contributed by atoms with E-state index in [4.69, 9.17) is 18.8 Å². The van der Waals surface area contributed by atoms with Crippen molar-refractivity contribution in [1.29, 1.82) is 5.26 Å². The molecule has 0 bridgehead atoms. The summed E-state index contributed by atoms with van der Waals surface area (Å²) in [6.07, 6.45) is -0.208. The smallest absolute Gasteiger partial charge is 0.486 e. The fraction of sp³-hybridized carbons (Fsp3) is 0.667. The zero-order valence-electron chi connectivity index (χ0n) is 20.8. The van der Waals surface area contributed by atoms with Gasteiger partial charge in [0.1, 0.15) is 17.8 Å². The Morgan fingerprint density at radius 2 is 1.85 bits per heavy atom. The standard InChI is InChI=1S/C24H34BFN2O5/c1-15-14-28(21(29)31-22(2,3)4)10-9-19(15)30-20-16(13-27)11-17(12-18(20)26)25-32-23(5,6)24(7,8)33-25/h11-12,15,19H,9-10,14H2,1-8H3. The maximum atomic E-state index is 15.1. The summed E-state index contributed by atoms with van der Waals surface area (Å²) < 4.78 is 38.6. The van der Waals surface area contributed by atoms with Crippen molar-refractivity contribution < 1.29 is 28.0 Å². The average molecular weight is 460 g/mol. The average Bonchev–Trinajstić information content (AvgIpc) is 2.90. The number of rotatable bonds is 3. The van der Waals surface area contributed by atoms with Crippen molar-refractivity contribution in [2.45, 2.75) is 84.7 Å². The first-order chi connectivity index (χ1) is 15.1. The predicted molar refractivity (Wildman–Crippen MR) is 123 cm³/mol. The second-order valence-corrected chi connectivity index (χ2v) is 10.9. The molecule has 0 radical (unpaired) electrons. The van der Waals surface area contributed by atoms with Crippen molar-refractivity contribution in [3.8, 4) is 11.8 Å². The maximum Gasteiger partial charge on any atom is 0.494 e. The molecule has 0 spiro atoms. The Hall–Kier alpha value is -2.31. The molecule has 1 amide bonds. The molecule has 0 aliphatic carbocycles. The van der Waals surface area contributed by atoms with Crippen LogP contribution in [0.5, 0.6) is 5.75 Å². The van der Waals surface area contributed by atoms with Gasteiger partial charge in [0.15, 0.2) is 11.6 Å². The molecule has 0 saturated carbocycles. The zero-order valence-corrected chi connectivity index (χ0v) is 20.8. The van der Waals surface area contributed by atoms with Gasteiger partial charge in [0.05, 0.1) is 16.8 Å². The number of ether oxygens (including phenoxy) is 2. The van der Waals surface area contributed by atoms with Crippen LogP contribution in [-0.2, 0) is 14.0 Å². The van der Waals surface area contributed by atoms with E-state index >= 15 is 4.39 Å². The van der Waals surface area contributed by atoms with Gasteiger partial charge >= 0.3 is 13.2 Å². The number of nitriles is 1. The summed E-state index contributed by atoms with van der Waals surface area (Å²) in [6.45, 7) is 15.9. The summed E-state index contributed by atoms with van der Waals surface area (Å²) in [5.74, 6) is -0.791. The van der Waals surface area contributed by atoms with E-state index in [-0.39, 0.29) is 29.4 Å². The molecule has 7 nitrogen and oxygen atoms in total. The molecule has 9 heteroatoms. The first kappa shape index (κ1) is 25.3. The SMILES string of the molecule is CC1CN(C(=O)OC(C)(C)C)CCC1Oc1c(F)cc(B2OC(C)(C)C(C)(C)O2)cc1C#N. The van der Waals surface area contributed by atoms with Gasteiger partial charge in [-0.3, -0.25) is 0 Å². The molecule has 2 unspecified atom stereocenters. The highest BCUT2D eigenvalue weighted by atomic mass is 19.1. The second kappa shape index (κ2) is 8.81. The molecule has 0 aromatic heterocycles. The van der Waals surface area contributed by atoms with Gasteiger partial charge in [0, 0.05) is 25.4 Å². The summed E-state index contributed by atoms with van der Waals surface area (Å²) in [4.78, 5) is 14.0. The zero-order chi connectivity index (χ0) is 24.8. The summed E-state index contributed by atoms with van der Waals surface area (Å²) in [6, 6.07) is 4.90. The molecule has 0 N–H and O–H groups in total. The molecule has 2 saturated heterocycles. The Kier molecular flexibility index (Phi) is 6.76. The number of benzene rings is 1. The number of hydrogen-bond donors (Lipinski definition) is 0. The van der Waals surface area contributed by atoms with Gasteiger partial charge < -0.3 is 23.7 Å². The summed E-state index contributed by atoms with van der Waals surface area (Å²) in [5, 5.41) is 9.69. The van der Waals surface area contributed by atoms with Crippen LogP contribution in [0.2, 0.25) is 0 Å². The van der Waals surface area contributed by atoms with E-state index in [0.717, 1.165) is 0 Å². The van der Waals surface area contributed by atoms with Crippen LogP contribution in [0.25, 0.3) is 0 Å². The number of halogens is 1. The third-order valence-corrected chi connectivity index (χ3v) is 6.46. The first-order valence-corrected chi connectivity index (χ1v) is 11.4. The third kappa shape index (κ3) is 5.44. The lowest BCUT2D eigenvalue weighted by Crippen LogP contribution is -2.48. The molecule has 3 rings (SSSR count). The van der Waals surface area contributed by atoms with Gasteiger partial charge in [-0.05, 0) is 66.1 Å². The molecule has 1 aromatic rings. The van der Waals surface area contributed by atoms with Crippen molar-refractivity contribution in [3.05, 3.63) is 23.5 Å². The Labute approximate surface area is 196 Å². The largest absolute Gasteiger partial charge is 0.494 e. The van der Waals surface area contributed by atoms with Gasteiger partial charge in [0.2, 0.25) is 0 Å². The maximum absolute atomic E-state index is 15.1. The second-order valence-electron chi connectivity index (χ2n) is 10.9. The number of piperidine rings is 1. The van der Waals surface area contributed by atoms with Gasteiger partial charge in [-0.25, -0.2) is 9.18 Å². The number of likely N-dealkylation sites (tertiary alicyclic amines) is 1. The minimum absolute atomic E-state index is 0.0695. The summed E-state index contributed by atoms with van der Waals surface area (Å²) in [5.41, 5.74) is -1.21. The lowest BCUT2D eigenvalue weighted by Gasteiger charge is -2.37. The van der Waals surface area contributed by atoms with Gasteiger partial charge in [-0.1, -0.05) is 6.92 Å². The third-order valence-electron chi connectivity index (χ3n) is 6.46. The first-order valence-electron chi connectivity index (χ1n) is 11.4. The van der Waals surface area contributed by atoms with Crippen LogP contribution in [0.1, 0.15) is 67.4 Å². The molecule has 2 fully saturated rings. The van der Waals surface area contributed by atoms with Crippen LogP contribution in [0, 0.1) is 23.1 Å². The fourth-order valence-corrected chi connectivity index (χ4v) is 3.88. The van der Waals surface area contributed by atoms with Gasteiger partial charge in [-0.15, -0.1) is 0 Å². The highest BCUT2D eigenvalue weighted by molar-refractivity contribution is 6.62. The van der Waals surface area contributed by atoms with Crippen molar-refractivity contribution >= 4 is 18.7 Å². The molecule has 33 heavy (non-hydrogen) atoms. The topological polar surface area (TPSA) is 81.0 Å². The van der Waals surface area contributed by atoms with E-state index in [9.17, 15) is 10.1 Å². The van der Waals surface area contributed by atoms with E-state index in [0.29, 0.717) is 25.0 Å². The van der Waals surface area contributed by atoms with Gasteiger partial charge in [-0.2, -0.15) is 5.26 Å². The van der Waals surface area contributed by atoms with E-state index in [1.54, 1.807) is 11.0 Å². The summed E-state index contributed by atoms with van der Waals surface area (Å²) in [7, 11) is -0.776. The van der Waals surface area contributed by atoms with E-state index < -0.39 is 29.7 Å². The molecular formula is C24H34BFN2O5. The summed E-state index contributed by atoms with van der Waals surface area (Å²) >= 11 is 0. The minimum atomic E-state index is -0.776. The van der Waals surface area contributed by atoms with Crippen LogP contribution in [0.4, 0.5) is 9.18 Å². The highest BCUT2D eigenvalue weighted by Gasteiger charge is 2.52. The molecule has 180 valence electrons. The van der Waals surface area contributed by atoms with Crippen molar-refractivity contribution in [1.82, 2.24) is 4.90 Å². The van der Waals surface area contributed by atoms with Crippen LogP contribution >= 0.6 is 0 Å². The molecule has 2 heterocycles. The Morgan fingerprint density at radius 3 is 2.36 bits per heavy atom. The van der Waals surface area contributed by atoms with E-state index in [2.05, 4.69) is 0 Å². The monoisotopic (exact) mass is 460 g/mol. The molecule has 2 atom stereocenters. The van der Waals surface area contributed by atoms with Crippen molar-refractivity contribution in [3.63, 3.8) is 0 Å². The molecule has 1 aromatic carbocycles. The highest BCUT2D eigenvalue weighted by Crippen LogP contribution is 2.37. The number of nitrogens with zero attached hydrogens (tertiary/aromatic N) is 2. The molecular weight excluding hydrogens is 426 g/mol. The lowest BCUT2D eigenvalue weighted by atomic mass is 9.78. The van der Waals surface area contributed by atoms with Gasteiger partial charge in [0.25, 0.3) is 0 Å². The number of hydrogen-bond acceptors (Lipinski definition) is 6. The van der Waals surface area contributed by atoms with Crippen LogP contribution in [-0.4, -0.2) is 54.1 Å². The lowest BCUT2D eigenvalue weighted by molar-refractivity contribution is -0.000295. The normalized spacial score (nSPS) is 24.4. The number of amides is 1. The molecule has 2 aliphatic heterocycles. The molecule has 2 aliphatic rings. The Balaban J connectivity index is 1.74. The van der Waals surface area contributed by atoms with Crippen LogP contribution in [0.15, 0.2) is 12.1 Å². The number of carbonyl (C=O) groups excluding carboxylic acids is 1. The predicted octanol–water partition coefficient (Wildman–Crippen LogP) is 4.02.